The SMILES string of the molecule is CC(C)NC(=O)N1CCC2(CC1)CC(Cc1cccc(F)c1)CCO2. The number of halogens is 1. The van der Waals surface area contributed by atoms with Gasteiger partial charge >= 0.3 is 6.03 Å². The Kier molecular flexibility index (Phi) is 5.62. The van der Waals surface area contributed by atoms with Gasteiger partial charge in [-0.3, -0.25) is 0 Å². The minimum atomic E-state index is -0.163. The van der Waals surface area contributed by atoms with E-state index < -0.39 is 0 Å². The molecule has 4 nitrogen and oxygen atoms in total. The Balaban J connectivity index is 1.55. The Labute approximate surface area is 149 Å². The van der Waals surface area contributed by atoms with Crippen LogP contribution in [-0.2, 0) is 11.2 Å². The first-order valence-electron chi connectivity index (χ1n) is 9.40. The van der Waals surface area contributed by atoms with Gasteiger partial charge in [0.1, 0.15) is 5.82 Å². The summed E-state index contributed by atoms with van der Waals surface area (Å²) < 4.78 is 19.6. The predicted molar refractivity (Wildman–Crippen MR) is 96.0 cm³/mol. The van der Waals surface area contributed by atoms with Crippen LogP contribution in [0.1, 0.15) is 45.1 Å². The minimum Gasteiger partial charge on any atom is -0.375 e. The van der Waals surface area contributed by atoms with Crippen LogP contribution in [0, 0.1) is 11.7 Å². The highest BCUT2D eigenvalue weighted by molar-refractivity contribution is 5.74. The summed E-state index contributed by atoms with van der Waals surface area (Å²) in [6.07, 6.45) is 4.70. The van der Waals surface area contributed by atoms with Crippen molar-refractivity contribution in [3.05, 3.63) is 35.6 Å². The van der Waals surface area contributed by atoms with Gasteiger partial charge in [-0.15, -0.1) is 0 Å². The lowest BCUT2D eigenvalue weighted by Gasteiger charge is -2.46. The zero-order chi connectivity index (χ0) is 17.9. The monoisotopic (exact) mass is 348 g/mol. The molecular weight excluding hydrogens is 319 g/mol. The number of nitrogens with one attached hydrogen (secondary N) is 1. The Morgan fingerprint density at radius 3 is 2.84 bits per heavy atom. The smallest absolute Gasteiger partial charge is 0.317 e. The molecule has 1 atom stereocenters. The van der Waals surface area contributed by atoms with Crippen LogP contribution in [0.15, 0.2) is 24.3 Å². The fraction of sp³-hybridized carbons (Fsp3) is 0.650. The third-order valence-electron chi connectivity index (χ3n) is 5.38. The van der Waals surface area contributed by atoms with Crippen LogP contribution >= 0.6 is 0 Å². The van der Waals surface area contributed by atoms with Gasteiger partial charge in [-0.1, -0.05) is 12.1 Å². The number of benzene rings is 1. The average molecular weight is 348 g/mol. The Hall–Kier alpha value is -1.62. The predicted octanol–water partition coefficient (Wildman–Crippen LogP) is 3.75. The molecule has 0 bridgehead atoms. The second-order valence-electron chi connectivity index (χ2n) is 7.82. The summed E-state index contributed by atoms with van der Waals surface area (Å²) in [4.78, 5) is 14.0. The van der Waals surface area contributed by atoms with Gasteiger partial charge < -0.3 is 15.0 Å². The van der Waals surface area contributed by atoms with E-state index >= 15 is 0 Å². The van der Waals surface area contributed by atoms with E-state index in [4.69, 9.17) is 4.74 Å². The number of carbonyl (C=O) groups is 1. The van der Waals surface area contributed by atoms with E-state index in [2.05, 4.69) is 5.32 Å². The molecule has 0 radical (unpaired) electrons. The van der Waals surface area contributed by atoms with Crippen molar-refractivity contribution in [3.63, 3.8) is 0 Å². The molecule has 1 N–H and O–H groups in total. The summed E-state index contributed by atoms with van der Waals surface area (Å²) in [5.74, 6) is 0.357. The highest BCUT2D eigenvalue weighted by Crippen LogP contribution is 2.38. The zero-order valence-electron chi connectivity index (χ0n) is 15.3. The van der Waals surface area contributed by atoms with E-state index in [9.17, 15) is 9.18 Å². The van der Waals surface area contributed by atoms with Gasteiger partial charge in [-0.25, -0.2) is 9.18 Å². The number of likely N-dealkylation sites (tertiary alicyclic amines) is 1. The van der Waals surface area contributed by atoms with Crippen LogP contribution in [-0.4, -0.2) is 42.3 Å². The van der Waals surface area contributed by atoms with Gasteiger partial charge in [0, 0.05) is 25.7 Å². The number of hydrogen-bond acceptors (Lipinski definition) is 2. The van der Waals surface area contributed by atoms with Gasteiger partial charge in [0.05, 0.1) is 5.60 Å². The molecule has 2 heterocycles. The highest BCUT2D eigenvalue weighted by atomic mass is 19.1. The molecule has 2 amide bonds. The molecule has 1 aromatic carbocycles. The van der Waals surface area contributed by atoms with E-state index in [0.717, 1.165) is 57.4 Å². The van der Waals surface area contributed by atoms with Crippen LogP contribution in [0.4, 0.5) is 9.18 Å². The molecule has 2 fully saturated rings. The first-order valence-corrected chi connectivity index (χ1v) is 9.40. The normalized spacial score (nSPS) is 23.0. The first-order chi connectivity index (χ1) is 12.0. The molecular formula is C20H29FN2O2. The van der Waals surface area contributed by atoms with E-state index in [1.165, 1.54) is 6.07 Å². The molecule has 5 heteroatoms. The molecule has 1 unspecified atom stereocenters. The third-order valence-corrected chi connectivity index (χ3v) is 5.38. The van der Waals surface area contributed by atoms with Crippen molar-refractivity contribution in [1.29, 1.82) is 0 Å². The number of hydrogen-bond donors (Lipinski definition) is 1. The molecule has 0 saturated carbocycles. The van der Waals surface area contributed by atoms with Crippen LogP contribution < -0.4 is 5.32 Å². The lowest BCUT2D eigenvalue weighted by molar-refractivity contribution is -0.122. The second-order valence-corrected chi connectivity index (χ2v) is 7.82. The first kappa shape index (κ1) is 18.2. The Morgan fingerprint density at radius 2 is 2.16 bits per heavy atom. The van der Waals surface area contributed by atoms with Crippen molar-refractivity contribution >= 4 is 6.03 Å². The van der Waals surface area contributed by atoms with E-state index in [1.807, 2.05) is 24.8 Å². The number of rotatable bonds is 3. The fourth-order valence-electron chi connectivity index (χ4n) is 4.10. The fourth-order valence-corrected chi connectivity index (χ4v) is 4.10. The van der Waals surface area contributed by atoms with Crippen molar-refractivity contribution in [2.75, 3.05) is 19.7 Å². The number of nitrogens with zero attached hydrogens (tertiary/aromatic N) is 1. The highest BCUT2D eigenvalue weighted by Gasteiger charge is 2.41. The van der Waals surface area contributed by atoms with Crippen LogP contribution in [0.5, 0.6) is 0 Å². The summed E-state index contributed by atoms with van der Waals surface area (Å²) in [7, 11) is 0. The maximum absolute atomic E-state index is 13.4. The van der Waals surface area contributed by atoms with Crippen molar-refractivity contribution in [3.8, 4) is 0 Å². The number of amides is 2. The molecule has 1 spiro atoms. The topological polar surface area (TPSA) is 41.6 Å². The molecule has 2 saturated heterocycles. The maximum atomic E-state index is 13.4. The van der Waals surface area contributed by atoms with Gasteiger partial charge in [-0.05, 0) is 69.6 Å². The number of ether oxygens (including phenoxy) is 1. The van der Waals surface area contributed by atoms with Gasteiger partial charge in [0.25, 0.3) is 0 Å². The summed E-state index contributed by atoms with van der Waals surface area (Å²) in [6, 6.07) is 7.10. The lowest BCUT2D eigenvalue weighted by atomic mass is 9.77. The summed E-state index contributed by atoms with van der Waals surface area (Å²) >= 11 is 0. The quantitative estimate of drug-likeness (QED) is 0.904. The van der Waals surface area contributed by atoms with Crippen molar-refractivity contribution in [1.82, 2.24) is 10.2 Å². The molecule has 0 aromatic heterocycles. The van der Waals surface area contributed by atoms with E-state index in [0.29, 0.717) is 5.92 Å². The van der Waals surface area contributed by atoms with Gasteiger partial charge in [0.15, 0.2) is 0 Å². The number of urea groups is 1. The largest absolute Gasteiger partial charge is 0.375 e. The second kappa shape index (κ2) is 7.73. The number of carbonyl (C=O) groups excluding carboxylic acids is 1. The molecule has 2 aliphatic heterocycles. The molecule has 1 aromatic rings. The minimum absolute atomic E-state index is 0.0250. The van der Waals surface area contributed by atoms with E-state index in [-0.39, 0.29) is 23.5 Å². The van der Waals surface area contributed by atoms with Crippen LogP contribution in [0.2, 0.25) is 0 Å². The molecule has 138 valence electrons. The third kappa shape index (κ3) is 4.72. The molecule has 0 aliphatic carbocycles. The number of piperidine rings is 1. The van der Waals surface area contributed by atoms with Crippen molar-refractivity contribution in [2.24, 2.45) is 5.92 Å². The van der Waals surface area contributed by atoms with Crippen molar-refractivity contribution < 1.29 is 13.9 Å². The van der Waals surface area contributed by atoms with Gasteiger partial charge in [-0.2, -0.15) is 0 Å². The molecule has 2 aliphatic rings. The Bertz CT molecular complexity index is 597. The van der Waals surface area contributed by atoms with Crippen LogP contribution in [0.25, 0.3) is 0 Å². The van der Waals surface area contributed by atoms with Crippen LogP contribution in [0.3, 0.4) is 0 Å². The zero-order valence-corrected chi connectivity index (χ0v) is 15.3. The molecule has 3 rings (SSSR count). The lowest BCUT2D eigenvalue weighted by Crippen LogP contribution is -2.53. The maximum Gasteiger partial charge on any atom is 0.317 e. The van der Waals surface area contributed by atoms with E-state index in [1.54, 1.807) is 12.1 Å². The summed E-state index contributed by atoms with van der Waals surface area (Å²) in [6.45, 7) is 6.20. The molecule has 25 heavy (non-hydrogen) atoms. The van der Waals surface area contributed by atoms with Gasteiger partial charge in [0.2, 0.25) is 0 Å². The average Bonchev–Trinajstić information content (AvgIpc) is 2.55. The standard InChI is InChI=1S/C20H29FN2O2/c1-15(2)22-19(24)23-9-7-20(8-10-23)14-17(6-11-25-20)12-16-4-3-5-18(21)13-16/h3-5,13,15,17H,6-12,14H2,1-2H3,(H,22,24). The van der Waals surface area contributed by atoms with Crippen molar-refractivity contribution in [2.45, 2.75) is 57.6 Å². The Morgan fingerprint density at radius 1 is 1.40 bits per heavy atom. The summed E-state index contributed by atoms with van der Waals surface area (Å²) in [5, 5.41) is 2.96. The summed E-state index contributed by atoms with van der Waals surface area (Å²) in [5.41, 5.74) is 0.959.